The zero-order chi connectivity index (χ0) is 21.0. The van der Waals surface area contributed by atoms with E-state index in [1.165, 1.54) is 16.9 Å². The van der Waals surface area contributed by atoms with Gasteiger partial charge in [0.1, 0.15) is 5.75 Å². The number of rotatable bonds is 6. The van der Waals surface area contributed by atoms with Crippen molar-refractivity contribution in [2.45, 2.75) is 19.3 Å². The van der Waals surface area contributed by atoms with Crippen LogP contribution in [0.1, 0.15) is 16.7 Å². The summed E-state index contributed by atoms with van der Waals surface area (Å²) >= 11 is 0. The Bertz CT molecular complexity index is 1110. The fraction of sp³-hybridized carbons (Fsp3) is 0.143. The molecule has 4 rings (SSSR count). The highest BCUT2D eigenvalue weighted by Crippen LogP contribution is 2.26. The molecule has 2 aromatic carbocycles. The summed E-state index contributed by atoms with van der Waals surface area (Å²) in [4.78, 5) is 5.56. The minimum atomic E-state index is -4.71. The first kappa shape index (κ1) is 19.6. The van der Waals surface area contributed by atoms with Crippen molar-refractivity contribution in [3.63, 3.8) is 0 Å². The first-order chi connectivity index (χ1) is 14.5. The van der Waals surface area contributed by atoms with Crippen LogP contribution < -0.4 is 4.74 Å². The van der Waals surface area contributed by atoms with Crippen molar-refractivity contribution in [2.75, 3.05) is 0 Å². The van der Waals surface area contributed by atoms with Crippen LogP contribution in [0.4, 0.5) is 13.2 Å². The number of tetrazole rings is 1. The molecule has 9 heteroatoms. The van der Waals surface area contributed by atoms with Crippen LogP contribution in [-0.2, 0) is 13.0 Å². The molecule has 0 aliphatic heterocycles. The van der Waals surface area contributed by atoms with E-state index in [9.17, 15) is 13.2 Å². The molecule has 0 atom stereocenters. The molecule has 0 saturated heterocycles. The Kier molecular flexibility index (Phi) is 5.42. The Hall–Kier alpha value is -3.75. The molecular weight excluding hydrogens is 395 g/mol. The maximum Gasteiger partial charge on any atom is 0.573 e. The predicted octanol–water partition coefficient (Wildman–Crippen LogP) is 4.27. The standard InChI is InChI=1S/C21H16F3N5O/c22-21(23,24)30-18-9-7-15(8-10-18)12-17-5-1-2-6-19(17)20-26-28-29(27-20)14-16-4-3-11-25-13-16/h1-11,13H,12,14H2. The molecule has 0 aliphatic rings. The van der Waals surface area contributed by atoms with Crippen molar-refractivity contribution < 1.29 is 17.9 Å². The Morgan fingerprint density at radius 3 is 2.43 bits per heavy atom. The zero-order valence-corrected chi connectivity index (χ0v) is 15.6. The van der Waals surface area contributed by atoms with Crippen LogP contribution in [0, 0.1) is 0 Å². The van der Waals surface area contributed by atoms with Crippen LogP contribution >= 0.6 is 0 Å². The number of pyridine rings is 1. The Balaban J connectivity index is 1.52. The number of hydrogen-bond donors (Lipinski definition) is 0. The lowest BCUT2D eigenvalue weighted by molar-refractivity contribution is -0.274. The van der Waals surface area contributed by atoms with Crippen LogP contribution in [0.25, 0.3) is 11.4 Å². The summed E-state index contributed by atoms with van der Waals surface area (Å²) in [6, 6.07) is 17.2. The quantitative estimate of drug-likeness (QED) is 0.474. The summed E-state index contributed by atoms with van der Waals surface area (Å²) in [5.74, 6) is 0.228. The highest BCUT2D eigenvalue weighted by molar-refractivity contribution is 5.60. The predicted molar refractivity (Wildman–Crippen MR) is 103 cm³/mol. The molecule has 0 radical (unpaired) electrons. The SMILES string of the molecule is FC(F)(F)Oc1ccc(Cc2ccccc2-c2nnn(Cc3cccnc3)n2)cc1. The van der Waals surface area contributed by atoms with E-state index in [0.29, 0.717) is 18.8 Å². The van der Waals surface area contributed by atoms with Gasteiger partial charge in [0.05, 0.1) is 6.54 Å². The van der Waals surface area contributed by atoms with E-state index in [-0.39, 0.29) is 5.75 Å². The van der Waals surface area contributed by atoms with E-state index in [2.05, 4.69) is 25.1 Å². The van der Waals surface area contributed by atoms with Crippen LogP contribution in [0.3, 0.4) is 0 Å². The van der Waals surface area contributed by atoms with Gasteiger partial charge in [-0.25, -0.2) is 0 Å². The second-order valence-corrected chi connectivity index (χ2v) is 6.53. The Morgan fingerprint density at radius 2 is 1.70 bits per heavy atom. The van der Waals surface area contributed by atoms with Crippen LogP contribution in [0.15, 0.2) is 73.1 Å². The summed E-state index contributed by atoms with van der Waals surface area (Å²) in [7, 11) is 0. The van der Waals surface area contributed by atoms with Crippen molar-refractivity contribution in [3.8, 4) is 17.1 Å². The highest BCUT2D eigenvalue weighted by atomic mass is 19.4. The Morgan fingerprint density at radius 1 is 0.900 bits per heavy atom. The molecule has 2 aromatic heterocycles. The van der Waals surface area contributed by atoms with Gasteiger partial charge in [0.15, 0.2) is 0 Å². The van der Waals surface area contributed by atoms with E-state index < -0.39 is 6.36 Å². The van der Waals surface area contributed by atoms with Crippen LogP contribution in [-0.4, -0.2) is 31.6 Å². The lowest BCUT2D eigenvalue weighted by atomic mass is 9.99. The third kappa shape index (κ3) is 4.99. The molecule has 0 fully saturated rings. The zero-order valence-electron chi connectivity index (χ0n) is 15.6. The van der Waals surface area contributed by atoms with Crippen LogP contribution in [0.5, 0.6) is 5.75 Å². The number of ether oxygens (including phenoxy) is 1. The van der Waals surface area contributed by atoms with E-state index in [4.69, 9.17) is 0 Å². The molecule has 0 amide bonds. The fourth-order valence-corrected chi connectivity index (χ4v) is 2.99. The number of nitrogens with zero attached hydrogens (tertiary/aromatic N) is 5. The molecule has 6 nitrogen and oxygen atoms in total. The summed E-state index contributed by atoms with van der Waals surface area (Å²) in [6.07, 6.45) is -0.772. The van der Waals surface area contributed by atoms with Gasteiger partial charge in [-0.1, -0.05) is 42.5 Å². The van der Waals surface area contributed by atoms with Crippen molar-refractivity contribution in [1.29, 1.82) is 0 Å². The van der Waals surface area contributed by atoms with Gasteiger partial charge < -0.3 is 4.74 Å². The normalized spacial score (nSPS) is 11.4. The van der Waals surface area contributed by atoms with Crippen molar-refractivity contribution in [1.82, 2.24) is 25.2 Å². The van der Waals surface area contributed by atoms with Crippen LogP contribution in [0.2, 0.25) is 0 Å². The second-order valence-electron chi connectivity index (χ2n) is 6.53. The topological polar surface area (TPSA) is 65.7 Å². The molecule has 2 heterocycles. The minimum Gasteiger partial charge on any atom is -0.406 e. The second kappa shape index (κ2) is 8.32. The molecule has 0 saturated carbocycles. The molecule has 0 aliphatic carbocycles. The average Bonchev–Trinajstić information content (AvgIpc) is 3.18. The summed E-state index contributed by atoms with van der Waals surface area (Å²) < 4.78 is 40.9. The van der Waals surface area contributed by atoms with Crippen molar-refractivity contribution in [2.24, 2.45) is 0 Å². The largest absolute Gasteiger partial charge is 0.573 e. The molecule has 4 aromatic rings. The number of hydrogen-bond acceptors (Lipinski definition) is 5. The van der Waals surface area contributed by atoms with Gasteiger partial charge in [-0.15, -0.1) is 23.4 Å². The monoisotopic (exact) mass is 411 g/mol. The van der Waals surface area contributed by atoms with E-state index >= 15 is 0 Å². The molecular formula is C21H16F3N5O. The number of halogens is 3. The number of alkyl halides is 3. The van der Waals surface area contributed by atoms with Gasteiger partial charge in [0.2, 0.25) is 5.82 Å². The molecule has 30 heavy (non-hydrogen) atoms. The van der Waals surface area contributed by atoms with Crippen molar-refractivity contribution in [3.05, 3.63) is 89.7 Å². The third-order valence-corrected chi connectivity index (χ3v) is 4.31. The van der Waals surface area contributed by atoms with Gasteiger partial charge >= 0.3 is 6.36 Å². The Labute approximate surface area is 170 Å². The molecule has 152 valence electrons. The third-order valence-electron chi connectivity index (χ3n) is 4.31. The summed E-state index contributed by atoms with van der Waals surface area (Å²) in [5.41, 5.74) is 3.53. The highest BCUT2D eigenvalue weighted by Gasteiger charge is 2.30. The van der Waals surface area contributed by atoms with Gasteiger partial charge in [-0.3, -0.25) is 4.98 Å². The molecule has 0 N–H and O–H groups in total. The lowest BCUT2D eigenvalue weighted by Gasteiger charge is -2.10. The summed E-state index contributed by atoms with van der Waals surface area (Å²) in [5, 5.41) is 12.7. The first-order valence-corrected chi connectivity index (χ1v) is 9.06. The van der Waals surface area contributed by atoms with E-state index in [1.54, 1.807) is 24.5 Å². The van der Waals surface area contributed by atoms with Crippen molar-refractivity contribution >= 4 is 0 Å². The van der Waals surface area contributed by atoms with Gasteiger partial charge in [0, 0.05) is 18.0 Å². The first-order valence-electron chi connectivity index (χ1n) is 9.06. The fourth-order valence-electron chi connectivity index (χ4n) is 2.99. The molecule has 0 unspecified atom stereocenters. The number of benzene rings is 2. The van der Waals surface area contributed by atoms with E-state index in [1.807, 2.05) is 36.4 Å². The molecule has 0 spiro atoms. The number of aromatic nitrogens is 5. The minimum absolute atomic E-state index is 0.250. The smallest absolute Gasteiger partial charge is 0.406 e. The van der Waals surface area contributed by atoms with E-state index in [0.717, 1.165) is 22.3 Å². The van der Waals surface area contributed by atoms with Gasteiger partial charge in [-0.2, -0.15) is 4.80 Å². The lowest BCUT2D eigenvalue weighted by Crippen LogP contribution is -2.17. The molecule has 0 bridgehead atoms. The average molecular weight is 411 g/mol. The summed E-state index contributed by atoms with van der Waals surface area (Å²) in [6.45, 7) is 0.448. The maximum absolute atomic E-state index is 12.3. The maximum atomic E-state index is 12.3. The van der Waals surface area contributed by atoms with Gasteiger partial charge in [-0.05, 0) is 46.5 Å². The van der Waals surface area contributed by atoms with Gasteiger partial charge in [0.25, 0.3) is 0 Å².